The highest BCUT2D eigenvalue weighted by molar-refractivity contribution is 7.93. The molecule has 1 heterocycles. The van der Waals surface area contributed by atoms with E-state index in [0.717, 1.165) is 34.5 Å². The van der Waals surface area contributed by atoms with Crippen LogP contribution < -0.4 is 4.72 Å². The molecule has 0 spiro atoms. The first-order valence-corrected chi connectivity index (χ1v) is 14.6. The second kappa shape index (κ2) is 8.62. The summed E-state index contributed by atoms with van der Waals surface area (Å²) in [4.78, 5) is -0.442. The quantitative estimate of drug-likeness (QED) is 0.399. The van der Waals surface area contributed by atoms with E-state index in [4.69, 9.17) is 0 Å². The molecule has 1 N–H and O–H groups in total. The fourth-order valence-corrected chi connectivity index (χ4v) is 7.13. The van der Waals surface area contributed by atoms with Crippen LogP contribution in [0.15, 0.2) is 93.7 Å². The number of aromatic nitrogens is 1. The minimum Gasteiger partial charge on any atom is -0.222 e. The first-order chi connectivity index (χ1) is 15.9. The number of halogens is 1. The zero-order valence-corrected chi connectivity index (χ0v) is 20.2. The van der Waals surface area contributed by atoms with Crippen LogP contribution in [0.4, 0.5) is 4.39 Å². The summed E-state index contributed by atoms with van der Waals surface area (Å²) in [7, 11) is -12.2. The van der Waals surface area contributed by atoms with Crippen LogP contribution in [0, 0.1) is 5.82 Å². The normalized spacial score (nSPS) is 12.8. The van der Waals surface area contributed by atoms with E-state index in [-0.39, 0.29) is 21.9 Å². The second-order valence-electron chi connectivity index (χ2n) is 7.51. The first kappa shape index (κ1) is 24.1. The van der Waals surface area contributed by atoms with E-state index in [9.17, 15) is 29.6 Å². The minimum absolute atomic E-state index is 0.0294. The molecule has 4 aromatic rings. The second-order valence-corrected chi connectivity index (χ2v) is 13.0. The number of sulfone groups is 1. The lowest BCUT2D eigenvalue weighted by molar-refractivity contribution is 0.573. The van der Waals surface area contributed by atoms with Gasteiger partial charge in [-0.3, -0.25) is 0 Å². The standard InChI is InChI=1S/C22H19FN2O6S3/c1-32(26,27)24-15-16-6-10-19(11-7-16)33(28,29)22-14-17-4-2-3-5-21(17)25(22)34(30,31)20-12-8-18(23)9-13-20/h2-14,24H,15H2,1H3. The van der Waals surface area contributed by atoms with Crippen molar-refractivity contribution >= 4 is 40.8 Å². The molecule has 1 aromatic heterocycles. The molecule has 34 heavy (non-hydrogen) atoms. The third-order valence-electron chi connectivity index (χ3n) is 5.03. The predicted octanol–water partition coefficient (Wildman–Crippen LogP) is 2.90. The van der Waals surface area contributed by atoms with Crippen LogP contribution >= 0.6 is 0 Å². The van der Waals surface area contributed by atoms with E-state index in [2.05, 4.69) is 4.72 Å². The third kappa shape index (κ3) is 4.62. The van der Waals surface area contributed by atoms with Crippen molar-refractivity contribution in [3.05, 3.63) is 90.2 Å². The van der Waals surface area contributed by atoms with Crippen LogP contribution in [-0.4, -0.2) is 35.5 Å². The summed E-state index contributed by atoms with van der Waals surface area (Å²) < 4.78 is 93.0. The zero-order chi connectivity index (χ0) is 24.7. The lowest BCUT2D eigenvalue weighted by atomic mass is 10.2. The Balaban J connectivity index is 1.85. The minimum atomic E-state index is -4.40. The van der Waals surface area contributed by atoms with E-state index in [1.54, 1.807) is 18.2 Å². The fraction of sp³-hybridized carbons (Fsp3) is 0.0909. The van der Waals surface area contributed by atoms with Gasteiger partial charge in [-0.2, -0.15) is 0 Å². The van der Waals surface area contributed by atoms with Crippen LogP contribution in [0.25, 0.3) is 10.9 Å². The van der Waals surface area contributed by atoms with Crippen molar-refractivity contribution in [2.75, 3.05) is 6.26 Å². The molecular formula is C22H19FN2O6S3. The number of hydrogen-bond acceptors (Lipinski definition) is 6. The SMILES string of the molecule is CS(=O)(=O)NCc1ccc(S(=O)(=O)c2cc3ccccc3n2S(=O)(=O)c2ccc(F)cc2)cc1. The molecule has 4 rings (SSSR count). The van der Waals surface area contributed by atoms with Crippen LogP contribution in [0.2, 0.25) is 0 Å². The number of rotatable bonds is 7. The number of nitrogens with one attached hydrogen (secondary N) is 1. The monoisotopic (exact) mass is 522 g/mol. The van der Waals surface area contributed by atoms with Gasteiger partial charge in [0.2, 0.25) is 19.9 Å². The van der Waals surface area contributed by atoms with E-state index in [1.807, 2.05) is 0 Å². The molecule has 0 radical (unpaired) electrons. The molecule has 0 aliphatic heterocycles. The Kier molecular flexibility index (Phi) is 6.10. The van der Waals surface area contributed by atoms with Crippen LogP contribution in [0.1, 0.15) is 5.56 Å². The zero-order valence-electron chi connectivity index (χ0n) is 17.7. The molecule has 0 amide bonds. The molecule has 3 aromatic carbocycles. The summed E-state index contributed by atoms with van der Waals surface area (Å²) in [5.74, 6) is -0.630. The highest BCUT2D eigenvalue weighted by Crippen LogP contribution is 2.32. The fourth-order valence-electron chi connectivity index (χ4n) is 3.37. The topological polar surface area (TPSA) is 119 Å². The largest absolute Gasteiger partial charge is 0.269 e. The summed E-state index contributed by atoms with van der Waals surface area (Å²) in [6.07, 6.45) is 1.01. The van der Waals surface area contributed by atoms with Crippen molar-refractivity contribution in [2.45, 2.75) is 21.4 Å². The van der Waals surface area contributed by atoms with Crippen LogP contribution in [0.3, 0.4) is 0 Å². The van der Waals surface area contributed by atoms with Crippen LogP contribution in [-0.2, 0) is 36.4 Å². The highest BCUT2D eigenvalue weighted by atomic mass is 32.2. The average molecular weight is 523 g/mol. The van der Waals surface area contributed by atoms with Crippen molar-refractivity contribution in [2.24, 2.45) is 0 Å². The van der Waals surface area contributed by atoms with Crippen molar-refractivity contribution in [1.29, 1.82) is 0 Å². The lowest BCUT2D eigenvalue weighted by Crippen LogP contribution is -2.21. The number of para-hydroxylation sites is 1. The Morgan fingerprint density at radius 3 is 2.00 bits per heavy atom. The Morgan fingerprint density at radius 1 is 0.794 bits per heavy atom. The number of nitrogens with zero attached hydrogens (tertiary/aromatic N) is 1. The van der Waals surface area contributed by atoms with Gasteiger partial charge in [0.15, 0.2) is 5.03 Å². The summed E-state index contributed by atoms with van der Waals surface area (Å²) in [6.45, 7) is -0.0294. The molecule has 0 saturated heterocycles. The van der Waals surface area contributed by atoms with Gasteiger partial charge in [-0.15, -0.1) is 0 Å². The third-order valence-corrected chi connectivity index (χ3v) is 9.30. The smallest absolute Gasteiger partial charge is 0.222 e. The lowest BCUT2D eigenvalue weighted by Gasteiger charge is -2.13. The number of sulfonamides is 1. The molecular weight excluding hydrogens is 503 g/mol. The van der Waals surface area contributed by atoms with Crippen LogP contribution in [0.5, 0.6) is 0 Å². The maximum Gasteiger partial charge on any atom is 0.269 e. The van der Waals surface area contributed by atoms with Gasteiger partial charge >= 0.3 is 0 Å². The number of benzene rings is 3. The Morgan fingerprint density at radius 2 is 1.38 bits per heavy atom. The van der Waals surface area contributed by atoms with Crippen molar-refractivity contribution < 1.29 is 29.6 Å². The Bertz CT molecular complexity index is 1690. The molecule has 0 fully saturated rings. The molecule has 0 atom stereocenters. The maximum absolute atomic E-state index is 13.5. The van der Waals surface area contributed by atoms with Gasteiger partial charge in [0.1, 0.15) is 5.82 Å². The Labute approximate surface area is 196 Å². The van der Waals surface area contributed by atoms with Gasteiger partial charge in [0.25, 0.3) is 10.0 Å². The first-order valence-electron chi connectivity index (χ1n) is 9.80. The van der Waals surface area contributed by atoms with Crippen molar-refractivity contribution in [1.82, 2.24) is 8.69 Å². The highest BCUT2D eigenvalue weighted by Gasteiger charge is 2.31. The van der Waals surface area contributed by atoms with Gasteiger partial charge in [-0.05, 0) is 54.1 Å². The molecule has 0 unspecified atom stereocenters. The molecule has 12 heteroatoms. The summed E-state index contributed by atoms with van der Waals surface area (Å²) in [6, 6.07) is 17.1. The van der Waals surface area contributed by atoms with E-state index < -0.39 is 40.7 Å². The van der Waals surface area contributed by atoms with Gasteiger partial charge in [-0.25, -0.2) is 38.3 Å². The van der Waals surface area contributed by atoms with Gasteiger partial charge in [0, 0.05) is 11.9 Å². The van der Waals surface area contributed by atoms with Crippen molar-refractivity contribution in [3.8, 4) is 0 Å². The number of hydrogen-bond donors (Lipinski definition) is 1. The molecule has 0 aliphatic carbocycles. The molecule has 0 saturated carbocycles. The Hall–Kier alpha value is -3.06. The van der Waals surface area contributed by atoms with Gasteiger partial charge in [-0.1, -0.05) is 30.3 Å². The molecule has 0 bridgehead atoms. The average Bonchev–Trinajstić information content (AvgIpc) is 3.19. The summed E-state index contributed by atoms with van der Waals surface area (Å²) in [5, 5.41) is -0.0826. The van der Waals surface area contributed by atoms with Gasteiger partial charge < -0.3 is 0 Å². The predicted molar refractivity (Wildman–Crippen MR) is 124 cm³/mol. The summed E-state index contributed by atoms with van der Waals surface area (Å²) >= 11 is 0. The summed E-state index contributed by atoms with van der Waals surface area (Å²) in [5.41, 5.74) is 0.670. The van der Waals surface area contributed by atoms with E-state index in [1.165, 1.54) is 36.4 Å². The van der Waals surface area contributed by atoms with Gasteiger partial charge in [0.05, 0.1) is 21.6 Å². The molecule has 8 nitrogen and oxygen atoms in total. The number of fused-ring (bicyclic) bond motifs is 1. The maximum atomic E-state index is 13.5. The van der Waals surface area contributed by atoms with E-state index >= 15 is 0 Å². The molecule has 0 aliphatic rings. The molecule has 178 valence electrons. The van der Waals surface area contributed by atoms with Crippen molar-refractivity contribution in [3.63, 3.8) is 0 Å². The van der Waals surface area contributed by atoms with E-state index in [0.29, 0.717) is 10.9 Å².